The van der Waals surface area contributed by atoms with Crippen LogP contribution in [0, 0.1) is 0 Å². The van der Waals surface area contributed by atoms with E-state index >= 15 is 0 Å². The highest BCUT2D eigenvalue weighted by molar-refractivity contribution is 5.87. The van der Waals surface area contributed by atoms with Gasteiger partial charge in [0.1, 0.15) is 0 Å². The molecule has 1 aromatic carbocycles. The molecule has 8 bridgehead atoms. The zero-order valence-electron chi connectivity index (χ0n) is 18.6. The van der Waals surface area contributed by atoms with Gasteiger partial charge in [-0.25, -0.2) is 14.8 Å². The van der Waals surface area contributed by atoms with E-state index in [4.69, 9.17) is 10.2 Å². The predicted octanol–water partition coefficient (Wildman–Crippen LogP) is 5.53. The molecule has 3 aromatic heterocycles. The molecule has 0 saturated carbocycles. The van der Waals surface area contributed by atoms with Gasteiger partial charge in [0.25, 0.3) is 0 Å². The summed E-state index contributed by atoms with van der Waals surface area (Å²) in [6.07, 6.45) is 8.05. The second-order valence-corrected chi connectivity index (χ2v) is 8.07. The predicted molar refractivity (Wildman–Crippen MR) is 138 cm³/mol. The van der Waals surface area contributed by atoms with Crippen molar-refractivity contribution in [3.8, 4) is 0 Å². The average molecular weight is 463 g/mol. The number of nitrogens with zero attached hydrogens (tertiary/aromatic N) is 2. The summed E-state index contributed by atoms with van der Waals surface area (Å²) in [5.41, 5.74) is 8.82. The number of carboxylic acids is 1. The molecule has 35 heavy (non-hydrogen) atoms. The molecule has 0 unspecified atom stereocenters. The normalized spacial score (nSPS) is 11.7. The highest BCUT2D eigenvalue weighted by atomic mass is 16.4. The Morgan fingerprint density at radius 3 is 1.49 bits per heavy atom. The maximum absolute atomic E-state index is 10.3. The molecule has 4 aromatic rings. The van der Waals surface area contributed by atoms with E-state index in [1.165, 1.54) is 12.1 Å². The summed E-state index contributed by atoms with van der Waals surface area (Å²) in [4.78, 5) is 26.4. The van der Waals surface area contributed by atoms with Gasteiger partial charge in [0.15, 0.2) is 0 Å². The number of hydrogen-bond donors (Lipinski definition) is 4. The summed E-state index contributed by atoms with van der Waals surface area (Å²) in [5, 5.41) is 17.1. The van der Waals surface area contributed by atoms with Crippen LogP contribution in [-0.4, -0.2) is 36.1 Å². The number of aromatic amines is 2. The number of benzene rings is 1. The lowest BCUT2D eigenvalue weighted by Gasteiger charge is -1.95. The van der Waals surface area contributed by atoms with Crippen LogP contribution in [0.4, 0.5) is 0 Å². The van der Waals surface area contributed by atoms with Crippen molar-refractivity contribution in [2.24, 2.45) is 0 Å². The number of hydrogen-bond acceptors (Lipinski definition) is 4. The van der Waals surface area contributed by atoms with Crippen LogP contribution in [0.15, 0.2) is 72.8 Å². The standard InChI is InChI=1S/C20H14N4.C8H8O3/c1-2-14-10-16-5-6-18(23-16)12-20-8-7-19(24-20)11-17-4-3-15(22-17)9-13(1)21-14;9-5-6-1-3-7(4-2-6)8(10)11/h1-12,21-22H;1-4,9H,5H2,(H,10,11). The monoisotopic (exact) mass is 462 g/mol. The molecular formula is C28H22N4O3. The minimum atomic E-state index is -0.950. The molecule has 0 saturated heterocycles. The van der Waals surface area contributed by atoms with Gasteiger partial charge in [0, 0.05) is 22.1 Å². The topological polar surface area (TPSA) is 115 Å². The molecule has 0 spiro atoms. The summed E-state index contributed by atoms with van der Waals surface area (Å²) in [5.74, 6) is -0.950. The van der Waals surface area contributed by atoms with Crippen molar-refractivity contribution in [1.29, 1.82) is 0 Å². The zero-order valence-corrected chi connectivity index (χ0v) is 18.6. The molecular weight excluding hydrogens is 440 g/mol. The Balaban J connectivity index is 0.000000195. The van der Waals surface area contributed by atoms with Crippen LogP contribution in [-0.2, 0) is 6.61 Å². The summed E-state index contributed by atoms with van der Waals surface area (Å²) in [6, 6.07) is 22.5. The molecule has 0 amide bonds. The highest BCUT2D eigenvalue weighted by Gasteiger charge is 2.02. The summed E-state index contributed by atoms with van der Waals surface area (Å²) in [6.45, 7) is -0.0557. The van der Waals surface area contributed by atoms with Crippen molar-refractivity contribution in [3.05, 3.63) is 107 Å². The molecule has 5 heterocycles. The smallest absolute Gasteiger partial charge is 0.335 e. The molecule has 172 valence electrons. The number of nitrogens with one attached hydrogen (secondary N) is 2. The Kier molecular flexibility index (Phi) is 6.07. The first-order valence-corrected chi connectivity index (χ1v) is 11.0. The number of rotatable bonds is 2. The van der Waals surface area contributed by atoms with Gasteiger partial charge in [0.05, 0.1) is 34.9 Å². The largest absolute Gasteiger partial charge is 0.478 e. The number of aliphatic hydroxyl groups excluding tert-OH is 1. The second-order valence-electron chi connectivity index (χ2n) is 8.07. The first kappa shape index (κ1) is 22.1. The number of aromatic carboxylic acids is 1. The van der Waals surface area contributed by atoms with Crippen molar-refractivity contribution in [2.75, 3.05) is 0 Å². The fourth-order valence-corrected chi connectivity index (χ4v) is 3.70. The van der Waals surface area contributed by atoms with Crippen molar-refractivity contribution >= 4 is 52.3 Å². The average Bonchev–Trinajstić information content (AvgIpc) is 3.66. The Labute approximate surface area is 200 Å². The van der Waals surface area contributed by atoms with E-state index in [1.54, 1.807) is 12.1 Å². The Bertz CT molecular complexity index is 1520. The summed E-state index contributed by atoms with van der Waals surface area (Å²) in [7, 11) is 0. The van der Waals surface area contributed by atoms with Gasteiger partial charge in [-0.15, -0.1) is 0 Å². The Morgan fingerprint density at radius 2 is 1.06 bits per heavy atom. The van der Waals surface area contributed by atoms with E-state index in [9.17, 15) is 4.79 Å². The van der Waals surface area contributed by atoms with E-state index in [2.05, 4.69) is 50.3 Å². The van der Waals surface area contributed by atoms with Gasteiger partial charge in [0.2, 0.25) is 0 Å². The lowest BCUT2D eigenvalue weighted by molar-refractivity contribution is 0.0696. The summed E-state index contributed by atoms with van der Waals surface area (Å²) >= 11 is 0. The van der Waals surface area contributed by atoms with E-state index in [1.807, 2.05) is 42.5 Å². The summed E-state index contributed by atoms with van der Waals surface area (Å²) < 4.78 is 0. The molecule has 0 aliphatic carbocycles. The lowest BCUT2D eigenvalue weighted by atomic mass is 10.1. The maximum Gasteiger partial charge on any atom is 0.335 e. The van der Waals surface area contributed by atoms with Crippen molar-refractivity contribution in [1.82, 2.24) is 19.9 Å². The molecule has 4 N–H and O–H groups in total. The number of fused-ring (bicyclic) bond motifs is 8. The number of carboxylic acid groups (broad SMARTS) is 1. The second kappa shape index (κ2) is 9.62. The third-order valence-electron chi connectivity index (χ3n) is 5.43. The maximum atomic E-state index is 10.3. The van der Waals surface area contributed by atoms with Crippen LogP contribution in [0.1, 0.15) is 38.7 Å². The van der Waals surface area contributed by atoms with Crippen LogP contribution in [0.25, 0.3) is 46.4 Å². The van der Waals surface area contributed by atoms with Crippen LogP contribution in [0.2, 0.25) is 0 Å². The van der Waals surface area contributed by atoms with E-state index in [-0.39, 0.29) is 12.2 Å². The van der Waals surface area contributed by atoms with Gasteiger partial charge in [-0.3, -0.25) is 0 Å². The van der Waals surface area contributed by atoms with Gasteiger partial charge in [-0.2, -0.15) is 0 Å². The minimum Gasteiger partial charge on any atom is -0.478 e. The van der Waals surface area contributed by atoms with Gasteiger partial charge >= 0.3 is 5.97 Å². The number of carbonyl (C=O) groups is 1. The fraction of sp³-hybridized carbons (Fsp3) is 0.0357. The molecule has 0 fully saturated rings. The van der Waals surface area contributed by atoms with E-state index in [0.717, 1.165) is 50.4 Å². The molecule has 6 rings (SSSR count). The first-order chi connectivity index (χ1) is 17.0. The number of aliphatic hydroxyl groups is 1. The molecule has 2 aliphatic heterocycles. The molecule has 0 atom stereocenters. The van der Waals surface area contributed by atoms with Crippen molar-refractivity contribution in [3.63, 3.8) is 0 Å². The van der Waals surface area contributed by atoms with Gasteiger partial charge < -0.3 is 20.2 Å². The van der Waals surface area contributed by atoms with Gasteiger partial charge in [-0.1, -0.05) is 12.1 Å². The third-order valence-corrected chi connectivity index (χ3v) is 5.43. The Hall–Kier alpha value is -4.75. The van der Waals surface area contributed by atoms with Crippen LogP contribution in [0.5, 0.6) is 0 Å². The van der Waals surface area contributed by atoms with E-state index in [0.29, 0.717) is 0 Å². The molecule has 7 nitrogen and oxygen atoms in total. The van der Waals surface area contributed by atoms with Crippen molar-refractivity contribution < 1.29 is 15.0 Å². The zero-order chi connectivity index (χ0) is 24.2. The van der Waals surface area contributed by atoms with Crippen LogP contribution < -0.4 is 0 Å². The van der Waals surface area contributed by atoms with Crippen molar-refractivity contribution in [2.45, 2.75) is 6.61 Å². The van der Waals surface area contributed by atoms with E-state index < -0.39 is 5.97 Å². The highest BCUT2D eigenvalue weighted by Crippen LogP contribution is 2.17. The molecule has 0 radical (unpaired) electrons. The molecule has 2 aliphatic rings. The van der Waals surface area contributed by atoms with Crippen LogP contribution in [0.3, 0.4) is 0 Å². The number of aromatic nitrogens is 4. The third kappa shape index (κ3) is 5.43. The lowest BCUT2D eigenvalue weighted by Crippen LogP contribution is -1.95. The first-order valence-electron chi connectivity index (χ1n) is 11.0. The minimum absolute atomic E-state index is 0.0557. The number of H-pyrrole nitrogens is 2. The quantitative estimate of drug-likeness (QED) is 0.270. The van der Waals surface area contributed by atoms with Crippen LogP contribution >= 0.6 is 0 Å². The molecule has 7 heteroatoms. The van der Waals surface area contributed by atoms with Gasteiger partial charge in [-0.05, 0) is 90.5 Å². The fourth-order valence-electron chi connectivity index (χ4n) is 3.70. The Morgan fingerprint density at radius 1 is 0.629 bits per heavy atom. The SMILES string of the molecule is C1=Cc2cc3ccc(cc4ccc(cc5nc(cc1n2)C=C5)[nH]4)[nH]3.O=C(O)c1ccc(CO)cc1.